The molecule has 0 amide bonds. The van der Waals surface area contributed by atoms with Gasteiger partial charge in [0.25, 0.3) is 5.56 Å². The summed E-state index contributed by atoms with van der Waals surface area (Å²) in [6, 6.07) is 1.47. The van der Waals surface area contributed by atoms with Gasteiger partial charge in [-0.05, 0) is 13.8 Å². The van der Waals surface area contributed by atoms with Crippen molar-refractivity contribution in [2.45, 2.75) is 37.9 Å². The minimum Gasteiger partial charge on any atom is -0.392 e. The fourth-order valence-corrected chi connectivity index (χ4v) is 3.28. The molecule has 0 aliphatic rings. The van der Waals surface area contributed by atoms with Gasteiger partial charge >= 0.3 is 0 Å². The van der Waals surface area contributed by atoms with E-state index in [0.29, 0.717) is 16.4 Å². The van der Waals surface area contributed by atoms with Gasteiger partial charge in [0, 0.05) is 22.8 Å². The Kier molecular flexibility index (Phi) is 4.04. The molecule has 7 heteroatoms. The summed E-state index contributed by atoms with van der Waals surface area (Å²) in [6.45, 7) is 5.54. The molecule has 0 radical (unpaired) electrons. The first-order valence-electron chi connectivity index (χ1n) is 5.63. The van der Waals surface area contributed by atoms with E-state index in [4.69, 9.17) is 0 Å². The first-order chi connectivity index (χ1) is 8.47. The molecule has 98 valence electrons. The van der Waals surface area contributed by atoms with Gasteiger partial charge in [0.1, 0.15) is 5.01 Å². The van der Waals surface area contributed by atoms with Crippen molar-refractivity contribution in [2.75, 3.05) is 0 Å². The summed E-state index contributed by atoms with van der Waals surface area (Å²) in [5, 5.41) is 14.6. The summed E-state index contributed by atoms with van der Waals surface area (Å²) in [7, 11) is 0. The van der Waals surface area contributed by atoms with E-state index in [1.807, 2.05) is 6.92 Å². The monoisotopic (exact) mass is 285 g/mol. The Bertz CT molecular complexity index is 606. The van der Waals surface area contributed by atoms with Crippen molar-refractivity contribution in [1.29, 1.82) is 0 Å². The van der Waals surface area contributed by atoms with E-state index in [2.05, 4.69) is 10.1 Å². The maximum atomic E-state index is 11.7. The molecule has 0 spiro atoms. The molecule has 2 aromatic rings. The van der Waals surface area contributed by atoms with E-state index >= 15 is 0 Å². The molecule has 2 rings (SSSR count). The van der Waals surface area contributed by atoms with Crippen LogP contribution in [0.2, 0.25) is 0 Å². The van der Waals surface area contributed by atoms with Crippen LogP contribution < -0.4 is 5.56 Å². The van der Waals surface area contributed by atoms with Crippen LogP contribution in [0.1, 0.15) is 24.5 Å². The molecule has 2 heterocycles. The lowest BCUT2D eigenvalue weighted by atomic mass is 10.3. The van der Waals surface area contributed by atoms with Gasteiger partial charge in [0.05, 0.1) is 6.10 Å². The van der Waals surface area contributed by atoms with Gasteiger partial charge in [-0.3, -0.25) is 4.79 Å². The van der Waals surface area contributed by atoms with Crippen molar-refractivity contribution >= 4 is 28.1 Å². The average Bonchev–Trinajstić information content (AvgIpc) is 2.68. The van der Waals surface area contributed by atoms with E-state index in [1.54, 1.807) is 25.6 Å². The summed E-state index contributed by atoms with van der Waals surface area (Å²) in [5.41, 5.74) is 0.564. The highest BCUT2D eigenvalue weighted by atomic mass is 32.2. The highest BCUT2D eigenvalue weighted by Gasteiger charge is 2.12. The Morgan fingerprint density at radius 3 is 2.94 bits per heavy atom. The zero-order chi connectivity index (χ0) is 13.3. The van der Waals surface area contributed by atoms with Gasteiger partial charge < -0.3 is 5.11 Å². The highest BCUT2D eigenvalue weighted by molar-refractivity contribution is 7.99. The predicted octanol–water partition coefficient (Wildman–Crippen LogP) is 1.46. The molecule has 0 aromatic carbocycles. The van der Waals surface area contributed by atoms with Crippen molar-refractivity contribution < 1.29 is 5.11 Å². The quantitative estimate of drug-likeness (QED) is 0.921. The third kappa shape index (κ3) is 2.90. The summed E-state index contributed by atoms with van der Waals surface area (Å²) < 4.78 is 1.33. The maximum Gasteiger partial charge on any atom is 0.275 e. The lowest BCUT2D eigenvalue weighted by molar-refractivity contribution is 0.196. The van der Waals surface area contributed by atoms with Crippen molar-refractivity contribution in [3.8, 4) is 0 Å². The number of aromatic nitrogens is 3. The van der Waals surface area contributed by atoms with Crippen molar-refractivity contribution in [2.24, 2.45) is 0 Å². The number of aryl methyl sites for hydroxylation is 1. The number of fused-ring (bicyclic) bond motifs is 1. The van der Waals surface area contributed by atoms with Crippen molar-refractivity contribution in [1.82, 2.24) is 14.6 Å². The fraction of sp³-hybridized carbons (Fsp3) is 0.545. The molecule has 0 saturated carbocycles. The maximum absolute atomic E-state index is 11.7. The second kappa shape index (κ2) is 5.38. The third-order valence-electron chi connectivity index (χ3n) is 2.56. The van der Waals surface area contributed by atoms with Crippen LogP contribution in [0.25, 0.3) is 4.96 Å². The minimum atomic E-state index is -0.354. The van der Waals surface area contributed by atoms with Crippen LogP contribution >= 0.6 is 23.1 Å². The number of aliphatic hydroxyl groups excluding tert-OH is 1. The number of nitrogens with zero attached hydrogens (tertiary/aromatic N) is 3. The smallest absolute Gasteiger partial charge is 0.275 e. The highest BCUT2D eigenvalue weighted by Crippen LogP contribution is 2.22. The molecule has 1 N–H and O–H groups in total. The summed E-state index contributed by atoms with van der Waals surface area (Å²) in [5.74, 6) is 0.679. The van der Waals surface area contributed by atoms with Gasteiger partial charge in [-0.1, -0.05) is 18.3 Å². The molecular weight excluding hydrogens is 270 g/mol. The Balaban J connectivity index is 2.21. The molecule has 0 fully saturated rings. The van der Waals surface area contributed by atoms with Gasteiger partial charge in [-0.15, -0.1) is 11.8 Å². The van der Waals surface area contributed by atoms with E-state index < -0.39 is 0 Å². The molecule has 0 bridgehead atoms. The van der Waals surface area contributed by atoms with Gasteiger partial charge in [-0.25, -0.2) is 4.98 Å². The number of thioether (sulfide) groups is 1. The van der Waals surface area contributed by atoms with E-state index in [0.717, 1.165) is 5.01 Å². The third-order valence-corrected chi connectivity index (χ3v) is 5.01. The second-order valence-electron chi connectivity index (χ2n) is 4.18. The van der Waals surface area contributed by atoms with Crippen LogP contribution in [-0.2, 0) is 5.75 Å². The molecule has 0 saturated heterocycles. The van der Waals surface area contributed by atoms with Gasteiger partial charge in [0.15, 0.2) is 0 Å². The number of hydrogen-bond acceptors (Lipinski definition) is 6. The lowest BCUT2D eigenvalue weighted by Crippen LogP contribution is -2.16. The summed E-state index contributed by atoms with van der Waals surface area (Å²) in [6.07, 6.45) is -0.354. The van der Waals surface area contributed by atoms with Crippen molar-refractivity contribution in [3.05, 3.63) is 27.1 Å². The zero-order valence-corrected chi connectivity index (χ0v) is 12.1. The zero-order valence-electron chi connectivity index (χ0n) is 10.5. The number of hydrogen-bond donors (Lipinski definition) is 1. The van der Waals surface area contributed by atoms with Gasteiger partial charge in [-0.2, -0.15) is 9.61 Å². The topological polar surface area (TPSA) is 67.5 Å². The number of aliphatic hydroxyl groups is 1. The minimum absolute atomic E-state index is 0.142. The molecule has 2 atom stereocenters. The largest absolute Gasteiger partial charge is 0.392 e. The Morgan fingerprint density at radius 1 is 1.56 bits per heavy atom. The standard InChI is InChI=1S/C11H15N3O2S2/c1-6-4-10(16)14-11(12-6)18-9(13-14)5-17-8(3)7(2)15/h4,7-8,15H,5H2,1-3H3. The SMILES string of the molecule is Cc1cc(=O)n2nc(CSC(C)C(C)O)sc2n1. The van der Waals surface area contributed by atoms with E-state index in [1.165, 1.54) is 21.9 Å². The second-order valence-corrected chi connectivity index (χ2v) is 6.59. The molecule has 5 nitrogen and oxygen atoms in total. The van der Waals surface area contributed by atoms with Crippen LogP contribution in [0, 0.1) is 6.92 Å². The van der Waals surface area contributed by atoms with Crippen LogP contribution in [-0.4, -0.2) is 31.1 Å². The first kappa shape index (κ1) is 13.5. The van der Waals surface area contributed by atoms with Crippen LogP contribution in [0.15, 0.2) is 10.9 Å². The fourth-order valence-electron chi connectivity index (χ4n) is 1.36. The molecule has 2 aromatic heterocycles. The van der Waals surface area contributed by atoms with Crippen LogP contribution in [0.4, 0.5) is 0 Å². The molecular formula is C11H15N3O2S2. The Morgan fingerprint density at radius 2 is 2.28 bits per heavy atom. The molecule has 18 heavy (non-hydrogen) atoms. The predicted molar refractivity (Wildman–Crippen MR) is 74.3 cm³/mol. The molecule has 0 aliphatic heterocycles. The first-order valence-corrected chi connectivity index (χ1v) is 7.50. The van der Waals surface area contributed by atoms with E-state index in [-0.39, 0.29) is 16.9 Å². The average molecular weight is 285 g/mol. The van der Waals surface area contributed by atoms with E-state index in [9.17, 15) is 9.90 Å². The molecule has 0 aliphatic carbocycles. The Labute approximate surface area is 113 Å². The van der Waals surface area contributed by atoms with Crippen LogP contribution in [0.3, 0.4) is 0 Å². The number of rotatable bonds is 4. The van der Waals surface area contributed by atoms with Gasteiger partial charge in [0.2, 0.25) is 4.96 Å². The lowest BCUT2D eigenvalue weighted by Gasteiger charge is -2.12. The Hall–Kier alpha value is -0.920. The molecule has 2 unspecified atom stereocenters. The van der Waals surface area contributed by atoms with Crippen molar-refractivity contribution in [3.63, 3.8) is 0 Å². The van der Waals surface area contributed by atoms with Crippen LogP contribution in [0.5, 0.6) is 0 Å². The summed E-state index contributed by atoms with van der Waals surface area (Å²) in [4.78, 5) is 16.6. The normalized spacial score (nSPS) is 14.9. The summed E-state index contributed by atoms with van der Waals surface area (Å²) >= 11 is 3.04.